The number of halogens is 2. The van der Waals surface area contributed by atoms with E-state index in [1.54, 1.807) is 6.20 Å². The van der Waals surface area contributed by atoms with Gasteiger partial charge in [0.1, 0.15) is 0 Å². The first-order valence-electron chi connectivity index (χ1n) is 6.16. The summed E-state index contributed by atoms with van der Waals surface area (Å²) in [5, 5.41) is 8.79. The molecule has 19 heavy (non-hydrogen) atoms. The maximum Gasteiger partial charge on any atom is 0.0669 e. The molecule has 1 N–H and O–H groups in total. The highest BCUT2D eigenvalue weighted by Crippen LogP contribution is 2.30. The van der Waals surface area contributed by atoms with Gasteiger partial charge in [-0.15, -0.1) is 5.10 Å². The van der Waals surface area contributed by atoms with Crippen LogP contribution in [0.3, 0.4) is 0 Å². The average molecular weight is 316 g/mol. The highest BCUT2D eigenvalue weighted by Gasteiger charge is 2.17. The van der Waals surface area contributed by atoms with E-state index in [4.69, 9.17) is 23.2 Å². The minimum atomic E-state index is 0.150. The van der Waals surface area contributed by atoms with Crippen LogP contribution < -0.4 is 5.32 Å². The predicted octanol–water partition coefficient (Wildman–Crippen LogP) is 4.13. The predicted molar refractivity (Wildman–Crippen MR) is 81.1 cm³/mol. The second-order valence-electron chi connectivity index (χ2n) is 4.23. The molecular weight excluding hydrogens is 301 g/mol. The number of nitrogens with zero attached hydrogens (tertiary/aromatic N) is 2. The lowest BCUT2D eigenvalue weighted by atomic mass is 10.0. The molecule has 0 aliphatic heterocycles. The molecule has 0 amide bonds. The van der Waals surface area contributed by atoms with Crippen molar-refractivity contribution in [2.24, 2.45) is 0 Å². The van der Waals surface area contributed by atoms with Gasteiger partial charge < -0.3 is 5.32 Å². The zero-order valence-corrected chi connectivity index (χ0v) is 12.9. The fraction of sp³-hybridized carbons (Fsp3) is 0.385. The van der Waals surface area contributed by atoms with Crippen molar-refractivity contribution in [1.82, 2.24) is 14.9 Å². The molecule has 0 aliphatic carbocycles. The van der Waals surface area contributed by atoms with E-state index in [1.165, 1.54) is 11.5 Å². The molecule has 1 unspecified atom stereocenters. The van der Waals surface area contributed by atoms with Gasteiger partial charge >= 0.3 is 0 Å². The molecule has 2 rings (SSSR count). The number of nitrogens with one attached hydrogen (secondary N) is 1. The average Bonchev–Trinajstić information content (AvgIpc) is 2.91. The summed E-state index contributed by atoms with van der Waals surface area (Å²) in [5.74, 6) is 0. The summed E-state index contributed by atoms with van der Waals surface area (Å²) < 4.78 is 3.92. The quantitative estimate of drug-likeness (QED) is 0.871. The van der Waals surface area contributed by atoms with Gasteiger partial charge in [0, 0.05) is 16.1 Å². The molecule has 0 bridgehead atoms. The lowest BCUT2D eigenvalue weighted by Gasteiger charge is -2.17. The van der Waals surface area contributed by atoms with Crippen LogP contribution in [-0.4, -0.2) is 16.1 Å². The van der Waals surface area contributed by atoms with E-state index in [9.17, 15) is 0 Å². The summed E-state index contributed by atoms with van der Waals surface area (Å²) in [6.45, 7) is 3.07. The zero-order valence-electron chi connectivity index (χ0n) is 10.6. The molecular formula is C13H15Cl2N3S. The van der Waals surface area contributed by atoms with Crippen molar-refractivity contribution >= 4 is 34.7 Å². The summed E-state index contributed by atoms with van der Waals surface area (Å²) in [4.78, 5) is 1.10. The first-order valence-corrected chi connectivity index (χ1v) is 7.68. The van der Waals surface area contributed by atoms with Crippen LogP contribution in [0.2, 0.25) is 10.0 Å². The third-order valence-electron chi connectivity index (χ3n) is 2.83. The highest BCUT2D eigenvalue weighted by molar-refractivity contribution is 7.05. The molecule has 0 spiro atoms. The minimum absolute atomic E-state index is 0.150. The Hall–Kier alpha value is -0.680. The first-order chi connectivity index (χ1) is 9.22. The Morgan fingerprint density at radius 3 is 2.63 bits per heavy atom. The number of rotatable bonds is 6. The summed E-state index contributed by atoms with van der Waals surface area (Å²) in [5.41, 5.74) is 0.966. The van der Waals surface area contributed by atoms with Crippen LogP contribution in [0.4, 0.5) is 0 Å². The van der Waals surface area contributed by atoms with Gasteiger partial charge in [-0.25, -0.2) is 0 Å². The van der Waals surface area contributed by atoms with Crippen LogP contribution in [0.25, 0.3) is 0 Å². The molecule has 1 aromatic heterocycles. The molecule has 1 atom stereocenters. The van der Waals surface area contributed by atoms with E-state index in [2.05, 4.69) is 21.8 Å². The topological polar surface area (TPSA) is 37.8 Å². The summed E-state index contributed by atoms with van der Waals surface area (Å²) in [6, 6.07) is 5.74. The van der Waals surface area contributed by atoms with E-state index >= 15 is 0 Å². The van der Waals surface area contributed by atoms with Crippen molar-refractivity contribution in [1.29, 1.82) is 0 Å². The van der Waals surface area contributed by atoms with E-state index in [0.29, 0.717) is 10.0 Å². The molecule has 6 heteroatoms. The SMILES string of the molecule is CCCNC(Cc1c(Cl)cccc1Cl)c1cnns1. The fourth-order valence-corrected chi connectivity index (χ4v) is 2.98. The highest BCUT2D eigenvalue weighted by atomic mass is 35.5. The second kappa shape index (κ2) is 7.20. The van der Waals surface area contributed by atoms with Gasteiger partial charge in [-0.2, -0.15) is 0 Å². The number of hydrogen-bond donors (Lipinski definition) is 1. The van der Waals surface area contributed by atoms with Crippen molar-refractivity contribution in [3.63, 3.8) is 0 Å². The molecule has 1 heterocycles. The van der Waals surface area contributed by atoms with Gasteiger partial charge in [0.05, 0.1) is 11.1 Å². The fourth-order valence-electron chi connectivity index (χ4n) is 1.85. The summed E-state index contributed by atoms with van der Waals surface area (Å²) in [6.07, 6.45) is 3.60. The Bertz CT molecular complexity index is 496. The molecule has 102 valence electrons. The van der Waals surface area contributed by atoms with Crippen molar-refractivity contribution < 1.29 is 0 Å². The Balaban J connectivity index is 2.20. The minimum Gasteiger partial charge on any atom is -0.309 e. The van der Waals surface area contributed by atoms with Crippen molar-refractivity contribution in [2.75, 3.05) is 6.54 Å². The molecule has 0 saturated heterocycles. The first kappa shape index (κ1) is 14.7. The van der Waals surface area contributed by atoms with E-state index in [1.807, 2.05) is 18.2 Å². The largest absolute Gasteiger partial charge is 0.309 e. The molecule has 3 nitrogen and oxygen atoms in total. The Morgan fingerprint density at radius 2 is 2.05 bits per heavy atom. The number of aromatic nitrogens is 2. The summed E-state index contributed by atoms with van der Waals surface area (Å²) in [7, 11) is 0. The third-order valence-corrected chi connectivity index (χ3v) is 4.32. The summed E-state index contributed by atoms with van der Waals surface area (Å²) >= 11 is 13.9. The maximum atomic E-state index is 6.23. The Kier molecular flexibility index (Phi) is 5.58. The third kappa shape index (κ3) is 3.89. The van der Waals surface area contributed by atoms with E-state index < -0.39 is 0 Å². The Morgan fingerprint density at radius 1 is 1.32 bits per heavy atom. The molecule has 0 aliphatic rings. The van der Waals surface area contributed by atoms with Crippen LogP contribution in [0, 0.1) is 0 Å². The number of hydrogen-bond acceptors (Lipinski definition) is 4. The van der Waals surface area contributed by atoms with Crippen LogP contribution in [0.5, 0.6) is 0 Å². The normalized spacial score (nSPS) is 12.6. The molecule has 2 aromatic rings. The van der Waals surface area contributed by atoms with Crippen LogP contribution >= 0.6 is 34.7 Å². The molecule has 0 saturated carbocycles. The zero-order chi connectivity index (χ0) is 13.7. The maximum absolute atomic E-state index is 6.23. The van der Waals surface area contributed by atoms with Gasteiger partial charge in [0.2, 0.25) is 0 Å². The van der Waals surface area contributed by atoms with Gasteiger partial charge in [0.15, 0.2) is 0 Å². The van der Waals surface area contributed by atoms with Gasteiger partial charge in [-0.3, -0.25) is 0 Å². The van der Waals surface area contributed by atoms with Gasteiger partial charge in [0.25, 0.3) is 0 Å². The standard InChI is InChI=1S/C13H15Cl2N3S/c1-2-6-16-12(13-8-17-18-19-13)7-9-10(14)4-3-5-11(9)15/h3-5,8,12,16H,2,6-7H2,1H3. The van der Waals surface area contributed by atoms with Crippen LogP contribution in [0.15, 0.2) is 24.4 Å². The second-order valence-corrected chi connectivity index (χ2v) is 5.86. The smallest absolute Gasteiger partial charge is 0.0669 e. The molecule has 0 fully saturated rings. The van der Waals surface area contributed by atoms with Crippen LogP contribution in [0.1, 0.15) is 29.8 Å². The lowest BCUT2D eigenvalue weighted by molar-refractivity contribution is 0.536. The van der Waals surface area contributed by atoms with E-state index in [0.717, 1.165) is 29.8 Å². The van der Waals surface area contributed by atoms with Crippen molar-refractivity contribution in [3.05, 3.63) is 44.9 Å². The Labute approximate surface area is 127 Å². The molecule has 1 aromatic carbocycles. The van der Waals surface area contributed by atoms with Crippen molar-refractivity contribution in [2.45, 2.75) is 25.8 Å². The van der Waals surface area contributed by atoms with Crippen molar-refractivity contribution in [3.8, 4) is 0 Å². The van der Waals surface area contributed by atoms with Crippen LogP contribution in [-0.2, 0) is 6.42 Å². The van der Waals surface area contributed by atoms with Gasteiger partial charge in [-0.05, 0) is 48.6 Å². The number of benzene rings is 1. The molecule has 0 radical (unpaired) electrons. The monoisotopic (exact) mass is 315 g/mol. The van der Waals surface area contributed by atoms with E-state index in [-0.39, 0.29) is 6.04 Å². The lowest BCUT2D eigenvalue weighted by Crippen LogP contribution is -2.23. The van der Waals surface area contributed by atoms with Gasteiger partial charge in [-0.1, -0.05) is 40.7 Å².